The fourth-order valence-electron chi connectivity index (χ4n) is 4.31. The molecule has 0 amide bonds. The molecule has 3 rings (SSSR count). The molecule has 0 radical (unpaired) electrons. The van der Waals surface area contributed by atoms with E-state index in [1.165, 1.54) is 18.4 Å². The Balaban J connectivity index is 1.93. The van der Waals surface area contributed by atoms with Gasteiger partial charge in [0.25, 0.3) is 0 Å². The molecular weight excluding hydrogens is 208 g/mol. The quantitative estimate of drug-likeness (QED) is 0.767. The van der Waals surface area contributed by atoms with Crippen LogP contribution in [0.5, 0.6) is 5.75 Å². The first-order valence-corrected chi connectivity index (χ1v) is 6.79. The maximum absolute atomic E-state index is 10.0. The SMILES string of the molecule is C[C@@H]1[C@@H]2C[C@H](C[C@@H]2c2ccccc2O)C1(C)C. The minimum atomic E-state index is 0.492. The molecule has 0 unspecified atom stereocenters. The van der Waals surface area contributed by atoms with Crippen molar-refractivity contribution in [2.45, 2.75) is 39.5 Å². The Hall–Kier alpha value is -0.980. The summed E-state index contributed by atoms with van der Waals surface area (Å²) in [6.45, 7) is 7.24. The van der Waals surface area contributed by atoms with E-state index >= 15 is 0 Å². The molecule has 1 heteroatoms. The second-order valence-corrected chi connectivity index (χ2v) is 6.61. The number of para-hydroxylation sites is 1. The van der Waals surface area contributed by atoms with Crippen molar-refractivity contribution in [2.24, 2.45) is 23.2 Å². The van der Waals surface area contributed by atoms with E-state index in [2.05, 4.69) is 32.9 Å². The molecule has 17 heavy (non-hydrogen) atoms. The van der Waals surface area contributed by atoms with Crippen molar-refractivity contribution in [2.75, 3.05) is 0 Å². The predicted octanol–water partition coefficient (Wildman–Crippen LogP) is 4.18. The number of fused-ring (bicyclic) bond motifs is 2. The van der Waals surface area contributed by atoms with Crippen molar-refractivity contribution < 1.29 is 5.11 Å². The molecule has 0 spiro atoms. The highest BCUT2D eigenvalue weighted by Crippen LogP contribution is 2.64. The summed E-state index contributed by atoms with van der Waals surface area (Å²) in [6, 6.07) is 7.91. The minimum absolute atomic E-state index is 0.492. The molecule has 1 aromatic rings. The van der Waals surface area contributed by atoms with Gasteiger partial charge >= 0.3 is 0 Å². The van der Waals surface area contributed by atoms with Gasteiger partial charge < -0.3 is 5.11 Å². The van der Waals surface area contributed by atoms with Crippen LogP contribution < -0.4 is 0 Å². The zero-order valence-corrected chi connectivity index (χ0v) is 11.0. The molecule has 1 N–H and O–H groups in total. The van der Waals surface area contributed by atoms with Crippen LogP contribution in [0, 0.1) is 23.2 Å². The third-order valence-corrected chi connectivity index (χ3v) is 5.82. The van der Waals surface area contributed by atoms with Gasteiger partial charge in [-0.05, 0) is 53.6 Å². The van der Waals surface area contributed by atoms with Crippen LogP contribution in [0.3, 0.4) is 0 Å². The van der Waals surface area contributed by atoms with Gasteiger partial charge in [-0.3, -0.25) is 0 Å². The minimum Gasteiger partial charge on any atom is -0.508 e. The van der Waals surface area contributed by atoms with Gasteiger partial charge in [0, 0.05) is 0 Å². The monoisotopic (exact) mass is 230 g/mol. The molecule has 1 aromatic carbocycles. The van der Waals surface area contributed by atoms with Gasteiger partial charge in [-0.25, -0.2) is 0 Å². The largest absolute Gasteiger partial charge is 0.508 e. The molecule has 2 bridgehead atoms. The number of benzene rings is 1. The zero-order chi connectivity index (χ0) is 12.2. The first-order chi connectivity index (χ1) is 8.01. The molecule has 0 aliphatic heterocycles. The summed E-state index contributed by atoms with van der Waals surface area (Å²) in [4.78, 5) is 0. The Kier molecular flexibility index (Phi) is 2.30. The maximum atomic E-state index is 10.0. The normalized spacial score (nSPS) is 38.5. The fourth-order valence-corrected chi connectivity index (χ4v) is 4.31. The molecule has 0 aromatic heterocycles. The smallest absolute Gasteiger partial charge is 0.119 e. The molecule has 2 aliphatic rings. The molecule has 0 saturated heterocycles. The third kappa shape index (κ3) is 1.44. The number of aromatic hydroxyl groups is 1. The lowest BCUT2D eigenvalue weighted by Gasteiger charge is -2.40. The van der Waals surface area contributed by atoms with E-state index in [1.807, 2.05) is 12.1 Å². The molecule has 2 saturated carbocycles. The lowest BCUT2D eigenvalue weighted by molar-refractivity contribution is 0.121. The van der Waals surface area contributed by atoms with E-state index in [0.717, 1.165) is 17.8 Å². The number of hydrogen-bond donors (Lipinski definition) is 1. The Morgan fingerprint density at radius 1 is 1.18 bits per heavy atom. The van der Waals surface area contributed by atoms with Gasteiger partial charge in [-0.15, -0.1) is 0 Å². The lowest BCUT2D eigenvalue weighted by Crippen LogP contribution is -2.32. The van der Waals surface area contributed by atoms with Gasteiger partial charge in [-0.2, -0.15) is 0 Å². The topological polar surface area (TPSA) is 20.2 Å². The van der Waals surface area contributed by atoms with Crippen molar-refractivity contribution in [1.29, 1.82) is 0 Å². The van der Waals surface area contributed by atoms with Crippen LogP contribution in [0.4, 0.5) is 0 Å². The van der Waals surface area contributed by atoms with Crippen molar-refractivity contribution in [3.05, 3.63) is 29.8 Å². The highest BCUT2D eigenvalue weighted by molar-refractivity contribution is 5.37. The van der Waals surface area contributed by atoms with Gasteiger partial charge in [0.05, 0.1) is 0 Å². The molecule has 1 nitrogen and oxygen atoms in total. The molecule has 2 aliphatic carbocycles. The van der Waals surface area contributed by atoms with Gasteiger partial charge in [0.1, 0.15) is 5.75 Å². The van der Waals surface area contributed by atoms with Crippen molar-refractivity contribution >= 4 is 0 Å². The van der Waals surface area contributed by atoms with E-state index in [1.54, 1.807) is 0 Å². The first kappa shape index (κ1) is 11.1. The lowest BCUT2D eigenvalue weighted by atomic mass is 9.65. The van der Waals surface area contributed by atoms with Crippen LogP contribution in [0.1, 0.15) is 45.1 Å². The van der Waals surface area contributed by atoms with Gasteiger partial charge in [0.2, 0.25) is 0 Å². The standard InChI is InChI=1S/C16H22O/c1-10-13-8-11(16(10,2)3)9-14(13)12-6-4-5-7-15(12)17/h4-7,10-11,13-14,17H,8-9H2,1-3H3/t10-,11-,13+,14-/m1/s1. The summed E-state index contributed by atoms with van der Waals surface area (Å²) in [5, 5.41) is 10.0. The van der Waals surface area contributed by atoms with Crippen LogP contribution in [0.25, 0.3) is 0 Å². The summed E-state index contributed by atoms with van der Waals surface area (Å²) in [5.74, 6) is 3.46. The highest BCUT2D eigenvalue weighted by atomic mass is 16.3. The first-order valence-electron chi connectivity index (χ1n) is 6.79. The average molecular weight is 230 g/mol. The third-order valence-electron chi connectivity index (χ3n) is 5.82. The molecule has 2 fully saturated rings. The highest BCUT2D eigenvalue weighted by Gasteiger charge is 2.55. The Labute approximate surface area is 104 Å². The Morgan fingerprint density at radius 2 is 1.88 bits per heavy atom. The van der Waals surface area contributed by atoms with Crippen LogP contribution >= 0.6 is 0 Å². The van der Waals surface area contributed by atoms with Gasteiger partial charge in [-0.1, -0.05) is 39.0 Å². The Bertz CT molecular complexity index is 431. The van der Waals surface area contributed by atoms with Crippen molar-refractivity contribution in [1.82, 2.24) is 0 Å². The average Bonchev–Trinajstić information content (AvgIpc) is 2.80. The Morgan fingerprint density at radius 3 is 2.47 bits per heavy atom. The van der Waals surface area contributed by atoms with Crippen LogP contribution in [-0.4, -0.2) is 5.11 Å². The summed E-state index contributed by atoms with van der Waals surface area (Å²) in [5.41, 5.74) is 1.67. The predicted molar refractivity (Wildman–Crippen MR) is 70.0 cm³/mol. The van der Waals surface area contributed by atoms with E-state index in [9.17, 15) is 5.11 Å². The summed E-state index contributed by atoms with van der Waals surface area (Å²) in [7, 11) is 0. The van der Waals surface area contributed by atoms with Crippen LogP contribution in [0.15, 0.2) is 24.3 Å². The van der Waals surface area contributed by atoms with Gasteiger partial charge in [0.15, 0.2) is 0 Å². The second-order valence-electron chi connectivity index (χ2n) is 6.61. The van der Waals surface area contributed by atoms with E-state index < -0.39 is 0 Å². The zero-order valence-electron chi connectivity index (χ0n) is 11.0. The molecular formula is C16H22O. The molecule has 0 heterocycles. The number of phenolic OH excluding ortho intramolecular Hbond substituents is 1. The van der Waals surface area contributed by atoms with Crippen LogP contribution in [0.2, 0.25) is 0 Å². The van der Waals surface area contributed by atoms with Crippen molar-refractivity contribution in [3.63, 3.8) is 0 Å². The van der Waals surface area contributed by atoms with E-state index in [0.29, 0.717) is 17.1 Å². The number of phenols is 1. The van der Waals surface area contributed by atoms with E-state index in [4.69, 9.17) is 0 Å². The molecule has 4 atom stereocenters. The number of rotatable bonds is 1. The second kappa shape index (κ2) is 3.51. The summed E-state index contributed by atoms with van der Waals surface area (Å²) < 4.78 is 0. The molecule has 92 valence electrons. The maximum Gasteiger partial charge on any atom is 0.119 e. The fraction of sp³-hybridized carbons (Fsp3) is 0.625. The summed E-state index contributed by atoms with van der Waals surface area (Å²) in [6.07, 6.45) is 2.62. The number of hydrogen-bond acceptors (Lipinski definition) is 1. The van der Waals surface area contributed by atoms with Crippen LogP contribution in [-0.2, 0) is 0 Å². The van der Waals surface area contributed by atoms with E-state index in [-0.39, 0.29) is 0 Å². The summed E-state index contributed by atoms with van der Waals surface area (Å²) >= 11 is 0. The van der Waals surface area contributed by atoms with Crippen molar-refractivity contribution in [3.8, 4) is 5.75 Å².